The van der Waals surface area contributed by atoms with Crippen molar-refractivity contribution in [3.8, 4) is 0 Å². The Hall–Kier alpha value is -1.41. The number of carbonyl (C=O) groups is 1. The maximum Gasteiger partial charge on any atom is 0.360 e. The summed E-state index contributed by atoms with van der Waals surface area (Å²) >= 11 is 1.24. The molecule has 0 aromatic carbocycles. The molecule has 1 aliphatic heterocycles. The SMILES string of the molecule is CCOC(=O)c1ncsc1NC1C=CS(=O)(=O)C1. The first-order valence-electron chi connectivity index (χ1n) is 5.30. The molecule has 1 aliphatic rings. The van der Waals surface area contributed by atoms with Crippen molar-refractivity contribution in [2.45, 2.75) is 13.0 Å². The van der Waals surface area contributed by atoms with Crippen LogP contribution < -0.4 is 5.32 Å². The van der Waals surface area contributed by atoms with Crippen molar-refractivity contribution in [1.29, 1.82) is 0 Å². The monoisotopic (exact) mass is 288 g/mol. The number of esters is 1. The summed E-state index contributed by atoms with van der Waals surface area (Å²) in [7, 11) is -3.12. The van der Waals surface area contributed by atoms with Gasteiger partial charge >= 0.3 is 5.97 Å². The molecule has 1 N–H and O–H groups in total. The van der Waals surface area contributed by atoms with Crippen LogP contribution in [-0.4, -0.2) is 37.8 Å². The first-order valence-corrected chi connectivity index (χ1v) is 7.89. The quantitative estimate of drug-likeness (QED) is 0.833. The van der Waals surface area contributed by atoms with E-state index in [1.807, 2.05) is 0 Å². The molecule has 1 aromatic rings. The lowest BCUT2D eigenvalue weighted by Gasteiger charge is -2.10. The first-order chi connectivity index (χ1) is 8.52. The predicted molar refractivity (Wildman–Crippen MR) is 68.4 cm³/mol. The number of rotatable bonds is 4. The largest absolute Gasteiger partial charge is 0.461 e. The fourth-order valence-electron chi connectivity index (χ4n) is 1.53. The van der Waals surface area contributed by atoms with Gasteiger partial charge in [-0.2, -0.15) is 0 Å². The highest BCUT2D eigenvalue weighted by molar-refractivity contribution is 7.94. The molecule has 0 radical (unpaired) electrons. The fourth-order valence-corrected chi connectivity index (χ4v) is 3.49. The standard InChI is InChI=1S/C10H12N2O4S2/c1-2-16-10(13)8-9(17-6-11-8)12-7-3-4-18(14,15)5-7/h3-4,6-7,12H,2,5H2,1H3. The average molecular weight is 288 g/mol. The van der Waals surface area contributed by atoms with Crippen LogP contribution in [0.3, 0.4) is 0 Å². The number of nitrogens with zero attached hydrogens (tertiary/aromatic N) is 1. The van der Waals surface area contributed by atoms with Gasteiger partial charge in [0.25, 0.3) is 0 Å². The minimum atomic E-state index is -3.12. The zero-order valence-electron chi connectivity index (χ0n) is 9.62. The molecule has 0 aliphatic carbocycles. The van der Waals surface area contributed by atoms with E-state index in [2.05, 4.69) is 10.3 Å². The van der Waals surface area contributed by atoms with E-state index >= 15 is 0 Å². The number of carbonyl (C=O) groups excluding carboxylic acids is 1. The molecular weight excluding hydrogens is 276 g/mol. The summed E-state index contributed by atoms with van der Waals surface area (Å²) in [6.45, 7) is 1.98. The van der Waals surface area contributed by atoms with Crippen molar-refractivity contribution in [3.05, 3.63) is 22.7 Å². The number of anilines is 1. The molecule has 1 unspecified atom stereocenters. The molecule has 98 valence electrons. The third-order valence-corrected chi connectivity index (χ3v) is 4.44. The molecule has 1 aromatic heterocycles. The highest BCUT2D eigenvalue weighted by Crippen LogP contribution is 2.24. The minimum Gasteiger partial charge on any atom is -0.461 e. The van der Waals surface area contributed by atoms with Crippen molar-refractivity contribution < 1.29 is 17.9 Å². The molecule has 18 heavy (non-hydrogen) atoms. The van der Waals surface area contributed by atoms with Crippen LogP contribution in [0.2, 0.25) is 0 Å². The normalized spacial score (nSPS) is 20.8. The van der Waals surface area contributed by atoms with Gasteiger partial charge in [-0.25, -0.2) is 18.2 Å². The third kappa shape index (κ3) is 2.88. The number of sulfone groups is 1. The summed E-state index contributed by atoms with van der Waals surface area (Å²) in [4.78, 5) is 15.5. The Bertz CT molecular complexity index is 576. The van der Waals surface area contributed by atoms with Gasteiger partial charge in [0, 0.05) is 5.41 Å². The number of thiazole rings is 1. The van der Waals surface area contributed by atoms with Crippen molar-refractivity contribution in [2.75, 3.05) is 17.7 Å². The molecule has 0 saturated heterocycles. The van der Waals surface area contributed by atoms with Gasteiger partial charge in [0.2, 0.25) is 0 Å². The third-order valence-electron chi connectivity index (χ3n) is 2.28. The maximum absolute atomic E-state index is 11.6. The molecule has 0 fully saturated rings. The van der Waals surface area contributed by atoms with Crippen LogP contribution in [0.1, 0.15) is 17.4 Å². The number of hydrogen-bond acceptors (Lipinski definition) is 7. The van der Waals surface area contributed by atoms with E-state index in [-0.39, 0.29) is 24.1 Å². The Morgan fingerprint density at radius 3 is 3.06 bits per heavy atom. The zero-order valence-corrected chi connectivity index (χ0v) is 11.3. The van der Waals surface area contributed by atoms with Crippen LogP contribution in [0.5, 0.6) is 0 Å². The molecule has 1 atom stereocenters. The topological polar surface area (TPSA) is 85.4 Å². The van der Waals surface area contributed by atoms with Gasteiger partial charge in [-0.05, 0) is 13.0 Å². The summed E-state index contributed by atoms with van der Waals surface area (Å²) in [6.07, 6.45) is 1.56. The number of ether oxygens (including phenoxy) is 1. The van der Waals surface area contributed by atoms with Crippen LogP contribution in [0, 0.1) is 0 Å². The van der Waals surface area contributed by atoms with Crippen LogP contribution in [0.15, 0.2) is 17.0 Å². The molecule has 0 amide bonds. The van der Waals surface area contributed by atoms with Crippen molar-refractivity contribution in [3.63, 3.8) is 0 Å². The van der Waals surface area contributed by atoms with Crippen LogP contribution in [0.4, 0.5) is 5.00 Å². The van der Waals surface area contributed by atoms with Crippen molar-refractivity contribution >= 4 is 32.1 Å². The Morgan fingerprint density at radius 1 is 1.67 bits per heavy atom. The van der Waals surface area contributed by atoms with Crippen LogP contribution >= 0.6 is 11.3 Å². The second-order valence-corrected chi connectivity index (χ2v) is 6.45. The highest BCUT2D eigenvalue weighted by atomic mass is 32.2. The van der Waals surface area contributed by atoms with E-state index in [1.54, 1.807) is 13.0 Å². The van der Waals surface area contributed by atoms with Crippen molar-refractivity contribution in [2.24, 2.45) is 0 Å². The van der Waals surface area contributed by atoms with Crippen LogP contribution in [0.25, 0.3) is 0 Å². The lowest BCUT2D eigenvalue weighted by atomic mass is 10.3. The van der Waals surface area contributed by atoms with E-state index in [4.69, 9.17) is 4.74 Å². The smallest absolute Gasteiger partial charge is 0.360 e. The fraction of sp³-hybridized carbons (Fsp3) is 0.400. The molecule has 0 saturated carbocycles. The number of aromatic nitrogens is 1. The summed E-state index contributed by atoms with van der Waals surface area (Å²) < 4.78 is 27.4. The minimum absolute atomic E-state index is 0.00678. The van der Waals surface area contributed by atoms with Gasteiger partial charge in [0.05, 0.1) is 23.9 Å². The predicted octanol–water partition coefficient (Wildman–Crippen LogP) is 1.04. The molecule has 0 spiro atoms. The highest BCUT2D eigenvalue weighted by Gasteiger charge is 2.24. The Labute approximate surface area is 109 Å². The van der Waals surface area contributed by atoms with Crippen LogP contribution in [-0.2, 0) is 14.6 Å². The summed E-state index contributed by atoms with van der Waals surface area (Å²) in [5, 5.41) is 4.68. The van der Waals surface area contributed by atoms with E-state index in [1.165, 1.54) is 22.3 Å². The van der Waals surface area contributed by atoms with E-state index < -0.39 is 15.8 Å². The molecule has 2 heterocycles. The Balaban J connectivity index is 2.09. The second-order valence-electron chi connectivity index (χ2n) is 3.66. The van der Waals surface area contributed by atoms with Crippen molar-refractivity contribution in [1.82, 2.24) is 4.98 Å². The molecule has 8 heteroatoms. The zero-order chi connectivity index (χ0) is 13.2. The Kier molecular flexibility index (Phi) is 3.67. The van der Waals surface area contributed by atoms with Gasteiger partial charge in [0.1, 0.15) is 5.00 Å². The Morgan fingerprint density at radius 2 is 2.44 bits per heavy atom. The van der Waals surface area contributed by atoms with E-state index in [0.717, 1.165) is 0 Å². The van der Waals surface area contributed by atoms with Gasteiger partial charge in [-0.1, -0.05) is 0 Å². The molecule has 2 rings (SSSR count). The lowest BCUT2D eigenvalue weighted by molar-refractivity contribution is 0.0521. The average Bonchev–Trinajstić information content (AvgIpc) is 2.86. The molecule has 0 bridgehead atoms. The molecular formula is C10H12N2O4S2. The summed E-state index contributed by atoms with van der Waals surface area (Å²) in [6, 6.07) is -0.330. The first kappa shape index (κ1) is 13.0. The number of hydrogen-bond donors (Lipinski definition) is 1. The summed E-state index contributed by atoms with van der Waals surface area (Å²) in [5.41, 5.74) is 1.71. The van der Waals surface area contributed by atoms with Gasteiger partial charge in [-0.3, -0.25) is 0 Å². The molecule has 6 nitrogen and oxygen atoms in total. The van der Waals surface area contributed by atoms with Gasteiger partial charge < -0.3 is 10.1 Å². The number of nitrogens with one attached hydrogen (secondary N) is 1. The maximum atomic E-state index is 11.6. The summed E-state index contributed by atoms with van der Waals surface area (Å²) in [5.74, 6) is -0.515. The van der Waals surface area contributed by atoms with E-state index in [9.17, 15) is 13.2 Å². The van der Waals surface area contributed by atoms with Gasteiger partial charge in [0.15, 0.2) is 15.5 Å². The van der Waals surface area contributed by atoms with E-state index in [0.29, 0.717) is 5.00 Å². The van der Waals surface area contributed by atoms with Gasteiger partial charge in [-0.15, -0.1) is 11.3 Å². The second kappa shape index (κ2) is 5.07. The lowest BCUT2D eigenvalue weighted by Crippen LogP contribution is -2.21.